The van der Waals surface area contributed by atoms with Gasteiger partial charge in [-0.3, -0.25) is 4.18 Å². The predicted molar refractivity (Wildman–Crippen MR) is 370 cm³/mol. The van der Waals surface area contributed by atoms with Gasteiger partial charge in [-0.05, 0) is 157 Å². The lowest BCUT2D eigenvalue weighted by atomic mass is 9.80. The number of carbonyl (C=O) groups is 1. The molecule has 17 nitrogen and oxygen atoms in total. The van der Waals surface area contributed by atoms with E-state index in [4.69, 9.17) is 63.3 Å². The van der Waals surface area contributed by atoms with Gasteiger partial charge in [0.15, 0.2) is 5.82 Å². The van der Waals surface area contributed by atoms with E-state index in [2.05, 4.69) is 43.8 Å². The average molecular weight is 1360 g/mol. The molecule has 1 aliphatic carbocycles. The minimum absolute atomic E-state index is 0.0259. The van der Waals surface area contributed by atoms with Crippen LogP contribution in [0.2, 0.25) is 23.2 Å². The Labute approximate surface area is 564 Å². The van der Waals surface area contributed by atoms with Crippen LogP contribution in [-0.2, 0) is 42.5 Å². The third kappa shape index (κ3) is 15.0. The number of rotatable bonds is 28. The fourth-order valence-corrected chi connectivity index (χ4v) is 14.4. The summed E-state index contributed by atoms with van der Waals surface area (Å²) in [4.78, 5) is 34.0. The fourth-order valence-electron chi connectivity index (χ4n) is 10.9. The minimum atomic E-state index is -4.32. The molecule has 1 N–H and O–H groups in total. The first-order valence-corrected chi connectivity index (χ1v) is 36.6. The van der Waals surface area contributed by atoms with Gasteiger partial charge in [0.25, 0.3) is 10.1 Å². The zero-order valence-electron chi connectivity index (χ0n) is 54.5. The van der Waals surface area contributed by atoms with Crippen LogP contribution in [0.15, 0.2) is 181 Å². The maximum atomic E-state index is 14.0. The molecular weight excluding hydrogens is 1280 g/mol. The molecule has 7 aromatic carbocycles. The van der Waals surface area contributed by atoms with E-state index < -0.39 is 48.8 Å². The first-order chi connectivity index (χ1) is 45.6. The van der Waals surface area contributed by atoms with Gasteiger partial charge in [0.1, 0.15) is 70.6 Å². The van der Waals surface area contributed by atoms with Crippen LogP contribution in [-0.4, -0.2) is 94.5 Å². The zero-order valence-corrected chi connectivity index (χ0v) is 57.9. The number of thiophene rings is 1. The molecule has 0 aliphatic heterocycles. The number of aromatic nitrogens is 4. The molecule has 3 aromatic heterocycles. The summed E-state index contributed by atoms with van der Waals surface area (Å²) in [6.07, 6.45) is 2.13. The highest BCUT2D eigenvalue weighted by atomic mass is 35.5. The molecule has 11 rings (SSSR count). The Kier molecular flexibility index (Phi) is 20.3. The van der Waals surface area contributed by atoms with Crippen molar-refractivity contribution in [2.45, 2.75) is 107 Å². The summed E-state index contributed by atoms with van der Waals surface area (Å²) in [7, 11) is -1.91. The number of fused-ring (bicyclic) bond motifs is 1. The molecule has 1 aliphatic rings. The molecule has 0 bridgehead atoms. The number of aryl methyl sites for hydroxylation is 1. The Bertz CT molecular complexity index is 4430. The third-order valence-electron chi connectivity index (χ3n) is 17.3. The lowest BCUT2D eigenvalue weighted by Gasteiger charge is -2.37. The summed E-state index contributed by atoms with van der Waals surface area (Å²) < 4.78 is 84.8. The highest BCUT2D eigenvalue weighted by Crippen LogP contribution is 2.54. The first kappa shape index (κ1) is 67.5. The maximum absolute atomic E-state index is 14.0. The molecule has 21 heteroatoms. The van der Waals surface area contributed by atoms with Gasteiger partial charge in [-0.1, -0.05) is 123 Å². The summed E-state index contributed by atoms with van der Waals surface area (Å²) in [5, 5.41) is 11.8. The molecule has 1 fully saturated rings. The number of para-hydroxylation sites is 1. The molecular formula is C74H75ClN4O13S2Si. The van der Waals surface area contributed by atoms with Crippen LogP contribution in [0.4, 0.5) is 0 Å². The van der Waals surface area contributed by atoms with Crippen molar-refractivity contribution >= 4 is 57.6 Å². The summed E-state index contributed by atoms with van der Waals surface area (Å²) in [5.74, 6) is 2.56. The topological polar surface area (TPSA) is 206 Å². The van der Waals surface area contributed by atoms with Crippen molar-refractivity contribution in [1.29, 1.82) is 0 Å². The van der Waals surface area contributed by atoms with Crippen molar-refractivity contribution in [3.05, 3.63) is 225 Å². The Morgan fingerprint density at radius 2 is 1.35 bits per heavy atom. The standard InChI is InChI=1S/C74H75ClN4O13S2Si/c1-46-20-33-58(34-21-46)94(82,83)89-44-57(43-88-74(50-16-12-11-13-17-50,51-24-28-54(84-6)29-25-51)52-26-30-55(85-7)31-27-52)90-63-37-35-59(47(2)67(63)75)65-66-70(77-45-78-71(66)93-68(65)48-22-23-48)91-64(72(80)81)41-49-40-56(92-95(9,10)73(3,4)5)32-36-61(49)87-42-53-38-39-76-69(79-53)60-18-14-15-19-62(60)86-8/h11-21,24-40,45,48,57,64H,22-23,41-44H2,1-10H3,(H,80,81)/t57-,64-/m1/s1. The molecule has 1 saturated carbocycles. The van der Waals surface area contributed by atoms with Gasteiger partial charge in [0.2, 0.25) is 20.3 Å². The minimum Gasteiger partial charge on any atom is -0.543 e. The summed E-state index contributed by atoms with van der Waals surface area (Å²) >= 11 is 9.04. The van der Waals surface area contributed by atoms with E-state index in [-0.39, 0.29) is 52.1 Å². The van der Waals surface area contributed by atoms with E-state index in [1.165, 1.54) is 29.8 Å². The second kappa shape index (κ2) is 28.6. The van der Waals surface area contributed by atoms with E-state index in [0.29, 0.717) is 72.7 Å². The second-order valence-electron chi connectivity index (χ2n) is 24.8. The van der Waals surface area contributed by atoms with Gasteiger partial charge >= 0.3 is 5.97 Å². The number of benzene rings is 7. The van der Waals surface area contributed by atoms with Crippen LogP contribution in [0.25, 0.3) is 32.7 Å². The number of carboxylic acids is 1. The molecule has 492 valence electrons. The number of carboxylic acid groups (broad SMARTS) is 1. The van der Waals surface area contributed by atoms with Gasteiger partial charge < -0.3 is 42.7 Å². The molecule has 0 radical (unpaired) electrons. The van der Waals surface area contributed by atoms with E-state index in [0.717, 1.165) is 45.5 Å². The smallest absolute Gasteiger partial charge is 0.345 e. The van der Waals surface area contributed by atoms with E-state index in [1.54, 1.807) is 57.9 Å². The van der Waals surface area contributed by atoms with Crippen LogP contribution in [0.1, 0.15) is 83.5 Å². The van der Waals surface area contributed by atoms with Crippen LogP contribution in [0.3, 0.4) is 0 Å². The van der Waals surface area contributed by atoms with E-state index in [1.807, 2.05) is 135 Å². The Morgan fingerprint density at radius 3 is 1.99 bits per heavy atom. The third-order valence-corrected chi connectivity index (χ3v) is 24.7. The molecule has 0 saturated heterocycles. The van der Waals surface area contributed by atoms with Gasteiger partial charge in [-0.25, -0.2) is 24.7 Å². The van der Waals surface area contributed by atoms with Crippen molar-refractivity contribution in [1.82, 2.24) is 19.9 Å². The second-order valence-corrected chi connectivity index (χ2v) is 32.5. The number of hydrogen-bond donors (Lipinski definition) is 1. The van der Waals surface area contributed by atoms with Gasteiger partial charge in [0.05, 0.1) is 54.5 Å². The average Bonchev–Trinajstić information content (AvgIpc) is 1.65. The number of halogens is 1. The van der Waals surface area contributed by atoms with Crippen molar-refractivity contribution < 1.29 is 60.1 Å². The predicted octanol–water partition coefficient (Wildman–Crippen LogP) is 16.2. The van der Waals surface area contributed by atoms with Crippen LogP contribution >= 0.6 is 22.9 Å². The van der Waals surface area contributed by atoms with Crippen LogP contribution in [0.5, 0.6) is 40.4 Å². The number of hydrogen-bond acceptors (Lipinski definition) is 17. The quantitative estimate of drug-likeness (QED) is 0.0275. The molecule has 0 spiro atoms. The highest BCUT2D eigenvalue weighted by Gasteiger charge is 2.41. The Hall–Kier alpha value is -8.89. The zero-order chi connectivity index (χ0) is 67.2. The van der Waals surface area contributed by atoms with Crippen LogP contribution < -0.4 is 32.8 Å². The monoisotopic (exact) mass is 1350 g/mol. The fraction of sp³-hybridized carbons (Fsp3) is 0.284. The number of aliphatic carboxylic acids is 1. The van der Waals surface area contributed by atoms with Crippen molar-refractivity contribution in [3.63, 3.8) is 0 Å². The van der Waals surface area contributed by atoms with Crippen molar-refractivity contribution in [2.75, 3.05) is 34.5 Å². The SMILES string of the molecule is COc1ccc(C(OC[C@H](COS(=O)(=O)c2ccc(C)cc2)Oc2ccc(-c3c(C4CC4)sc4ncnc(O[C@H](Cc5cc(O[Si](C)(C)C(C)(C)C)ccc5OCc5ccnc(-c6ccccc6OC)n5)C(=O)O)c34)c(C)c2Cl)(c2ccccc2)c2ccc(OC)cc2)cc1. The summed E-state index contributed by atoms with van der Waals surface area (Å²) in [6, 6.07) is 49.6. The van der Waals surface area contributed by atoms with Crippen molar-refractivity contribution in [2.24, 2.45) is 0 Å². The number of methoxy groups -OCH3 is 3. The lowest BCUT2D eigenvalue weighted by Crippen LogP contribution is -2.43. The number of nitrogens with zero attached hydrogens (tertiary/aromatic N) is 4. The molecule has 0 amide bonds. The normalized spacial score (nSPS) is 13.4. The Balaban J connectivity index is 0.941. The Morgan fingerprint density at radius 1 is 0.705 bits per heavy atom. The number of ether oxygens (including phenoxy) is 7. The first-order valence-electron chi connectivity index (χ1n) is 31.1. The molecule has 10 aromatic rings. The van der Waals surface area contributed by atoms with Gasteiger partial charge in [-0.15, -0.1) is 11.3 Å². The lowest BCUT2D eigenvalue weighted by molar-refractivity contribution is -0.145. The molecule has 3 heterocycles. The van der Waals surface area contributed by atoms with Gasteiger partial charge in [-0.2, -0.15) is 8.42 Å². The van der Waals surface area contributed by atoms with E-state index in [9.17, 15) is 18.3 Å². The van der Waals surface area contributed by atoms with Gasteiger partial charge in [0, 0.05) is 28.6 Å². The summed E-state index contributed by atoms with van der Waals surface area (Å²) in [6.45, 7) is 13.8. The highest BCUT2D eigenvalue weighted by molar-refractivity contribution is 7.86. The van der Waals surface area contributed by atoms with Crippen molar-refractivity contribution in [3.8, 4) is 62.9 Å². The largest absolute Gasteiger partial charge is 0.543 e. The van der Waals surface area contributed by atoms with Crippen LogP contribution in [0, 0.1) is 13.8 Å². The molecule has 2 atom stereocenters. The molecule has 0 unspecified atom stereocenters. The summed E-state index contributed by atoms with van der Waals surface area (Å²) in [5.41, 5.74) is 5.71. The molecule has 95 heavy (non-hydrogen) atoms. The van der Waals surface area contributed by atoms with E-state index >= 15 is 0 Å². The maximum Gasteiger partial charge on any atom is 0.345 e.